The van der Waals surface area contributed by atoms with Gasteiger partial charge in [0.1, 0.15) is 5.60 Å². The van der Waals surface area contributed by atoms with Gasteiger partial charge in [0.25, 0.3) is 0 Å². The van der Waals surface area contributed by atoms with Crippen LogP contribution in [-0.2, 0) is 9.47 Å². The standard InChI is InChI=1S/C14H26N2O3/c1-5-6-7-11(15)12-10-18-9-8-16(12)13(17)19-14(2,3)4/h5,11-12H,1,6-10,15H2,2-4H3. The molecule has 2 N–H and O–H groups in total. The minimum Gasteiger partial charge on any atom is -0.444 e. The molecule has 2 atom stereocenters. The van der Waals surface area contributed by atoms with Crippen molar-refractivity contribution < 1.29 is 14.3 Å². The van der Waals surface area contributed by atoms with Crippen LogP contribution in [0.2, 0.25) is 0 Å². The molecule has 0 aromatic rings. The van der Waals surface area contributed by atoms with Crippen LogP contribution in [-0.4, -0.2) is 48.4 Å². The van der Waals surface area contributed by atoms with Crippen LogP contribution in [0.15, 0.2) is 12.7 Å². The molecule has 1 aliphatic rings. The van der Waals surface area contributed by atoms with Crippen molar-refractivity contribution in [3.63, 3.8) is 0 Å². The predicted molar refractivity (Wildman–Crippen MR) is 75.0 cm³/mol. The van der Waals surface area contributed by atoms with Crippen molar-refractivity contribution in [1.82, 2.24) is 4.90 Å². The van der Waals surface area contributed by atoms with Gasteiger partial charge in [0, 0.05) is 12.6 Å². The molecule has 0 radical (unpaired) electrons. The van der Waals surface area contributed by atoms with Crippen molar-refractivity contribution in [2.45, 2.75) is 51.3 Å². The van der Waals surface area contributed by atoms with Crippen molar-refractivity contribution in [1.29, 1.82) is 0 Å². The molecule has 1 fully saturated rings. The van der Waals surface area contributed by atoms with Crippen LogP contribution in [0.25, 0.3) is 0 Å². The number of allylic oxidation sites excluding steroid dienone is 1. The van der Waals surface area contributed by atoms with Gasteiger partial charge in [0.15, 0.2) is 0 Å². The number of hydrogen-bond donors (Lipinski definition) is 1. The molecule has 5 heteroatoms. The summed E-state index contributed by atoms with van der Waals surface area (Å²) in [6, 6.07) is -0.241. The predicted octanol–water partition coefficient (Wildman–Crippen LogP) is 1.92. The Labute approximate surface area is 115 Å². The highest BCUT2D eigenvalue weighted by molar-refractivity contribution is 5.68. The van der Waals surface area contributed by atoms with Gasteiger partial charge >= 0.3 is 6.09 Å². The average Bonchev–Trinajstić information content (AvgIpc) is 2.34. The fraction of sp³-hybridized carbons (Fsp3) is 0.786. The molecule has 2 unspecified atom stereocenters. The molecular formula is C14H26N2O3. The monoisotopic (exact) mass is 270 g/mol. The number of rotatable bonds is 4. The fourth-order valence-electron chi connectivity index (χ4n) is 2.03. The van der Waals surface area contributed by atoms with Gasteiger partial charge in [-0.1, -0.05) is 6.08 Å². The molecule has 1 aliphatic heterocycles. The molecule has 1 rings (SSSR count). The maximum Gasteiger partial charge on any atom is 0.410 e. The van der Waals surface area contributed by atoms with Crippen LogP contribution in [0, 0.1) is 0 Å². The Morgan fingerprint density at radius 1 is 1.63 bits per heavy atom. The summed E-state index contributed by atoms with van der Waals surface area (Å²) in [5.74, 6) is 0. The molecule has 110 valence electrons. The summed E-state index contributed by atoms with van der Waals surface area (Å²) in [6.07, 6.45) is 3.15. The molecule has 0 saturated carbocycles. The number of carbonyl (C=O) groups is 1. The van der Waals surface area contributed by atoms with Gasteiger partial charge in [0.05, 0.1) is 19.3 Å². The van der Waals surface area contributed by atoms with E-state index < -0.39 is 5.60 Å². The lowest BCUT2D eigenvalue weighted by molar-refractivity contribution is -0.0384. The van der Waals surface area contributed by atoms with E-state index in [2.05, 4.69) is 6.58 Å². The zero-order valence-corrected chi connectivity index (χ0v) is 12.2. The molecule has 0 bridgehead atoms. The molecule has 0 aromatic carbocycles. The quantitative estimate of drug-likeness (QED) is 0.793. The molecule has 0 spiro atoms. The van der Waals surface area contributed by atoms with Crippen LogP contribution in [0.4, 0.5) is 4.79 Å². The molecule has 1 saturated heterocycles. The number of carbonyl (C=O) groups excluding carboxylic acids is 1. The lowest BCUT2D eigenvalue weighted by Gasteiger charge is -2.39. The van der Waals surface area contributed by atoms with Crippen LogP contribution in [0.5, 0.6) is 0 Å². The maximum absolute atomic E-state index is 12.2. The van der Waals surface area contributed by atoms with Crippen LogP contribution in [0.1, 0.15) is 33.6 Å². The Bertz CT molecular complexity index is 312. The minimum atomic E-state index is -0.495. The average molecular weight is 270 g/mol. The highest BCUT2D eigenvalue weighted by atomic mass is 16.6. The Balaban J connectivity index is 2.66. The van der Waals surface area contributed by atoms with Gasteiger partial charge < -0.3 is 15.2 Å². The summed E-state index contributed by atoms with van der Waals surface area (Å²) in [5.41, 5.74) is 5.65. The van der Waals surface area contributed by atoms with Gasteiger partial charge in [-0.15, -0.1) is 6.58 Å². The zero-order valence-electron chi connectivity index (χ0n) is 12.2. The molecule has 5 nitrogen and oxygen atoms in total. The first-order valence-corrected chi connectivity index (χ1v) is 6.79. The number of morpholine rings is 1. The van der Waals surface area contributed by atoms with Crippen molar-refractivity contribution >= 4 is 6.09 Å². The molecule has 19 heavy (non-hydrogen) atoms. The van der Waals surface area contributed by atoms with E-state index in [9.17, 15) is 4.79 Å². The van der Waals surface area contributed by atoms with Gasteiger partial charge in [-0.25, -0.2) is 4.79 Å². The van der Waals surface area contributed by atoms with Crippen molar-refractivity contribution in [2.75, 3.05) is 19.8 Å². The number of amides is 1. The van der Waals surface area contributed by atoms with E-state index in [0.29, 0.717) is 19.8 Å². The van der Waals surface area contributed by atoms with Gasteiger partial charge in [0.2, 0.25) is 0 Å². The van der Waals surface area contributed by atoms with Crippen molar-refractivity contribution in [2.24, 2.45) is 5.73 Å². The Kier molecular flexibility index (Phi) is 5.82. The molecule has 0 aromatic heterocycles. The maximum atomic E-state index is 12.2. The highest BCUT2D eigenvalue weighted by Crippen LogP contribution is 2.17. The zero-order chi connectivity index (χ0) is 14.5. The van der Waals surface area contributed by atoms with Crippen LogP contribution >= 0.6 is 0 Å². The molecule has 1 heterocycles. The lowest BCUT2D eigenvalue weighted by Crippen LogP contribution is -2.57. The van der Waals surface area contributed by atoms with E-state index in [0.717, 1.165) is 12.8 Å². The van der Waals surface area contributed by atoms with Crippen molar-refractivity contribution in [3.8, 4) is 0 Å². The van der Waals surface area contributed by atoms with Crippen LogP contribution < -0.4 is 5.73 Å². The highest BCUT2D eigenvalue weighted by Gasteiger charge is 2.34. The van der Waals surface area contributed by atoms with Crippen molar-refractivity contribution in [3.05, 3.63) is 12.7 Å². The van der Waals surface area contributed by atoms with E-state index in [1.807, 2.05) is 26.8 Å². The smallest absolute Gasteiger partial charge is 0.410 e. The first-order valence-electron chi connectivity index (χ1n) is 6.79. The fourth-order valence-corrected chi connectivity index (χ4v) is 2.03. The normalized spacial score (nSPS) is 21.9. The Hall–Kier alpha value is -1.07. The van der Waals surface area contributed by atoms with E-state index in [-0.39, 0.29) is 18.2 Å². The summed E-state index contributed by atoms with van der Waals surface area (Å²) in [6.45, 7) is 10.8. The molecular weight excluding hydrogens is 244 g/mol. The Morgan fingerprint density at radius 3 is 2.89 bits per heavy atom. The van der Waals surface area contributed by atoms with E-state index in [1.165, 1.54) is 0 Å². The second-order valence-corrected chi connectivity index (χ2v) is 5.85. The van der Waals surface area contributed by atoms with Crippen LogP contribution in [0.3, 0.4) is 0 Å². The third kappa shape index (κ3) is 5.20. The second kappa shape index (κ2) is 6.91. The molecule has 0 aliphatic carbocycles. The van der Waals surface area contributed by atoms with Gasteiger partial charge in [-0.05, 0) is 33.6 Å². The summed E-state index contributed by atoms with van der Waals surface area (Å²) >= 11 is 0. The lowest BCUT2D eigenvalue weighted by atomic mass is 10.0. The van der Waals surface area contributed by atoms with E-state index in [4.69, 9.17) is 15.2 Å². The topological polar surface area (TPSA) is 64.8 Å². The third-order valence-electron chi connectivity index (χ3n) is 2.99. The summed E-state index contributed by atoms with van der Waals surface area (Å²) in [5, 5.41) is 0. The summed E-state index contributed by atoms with van der Waals surface area (Å²) in [4.78, 5) is 13.9. The summed E-state index contributed by atoms with van der Waals surface area (Å²) < 4.78 is 10.9. The van der Waals surface area contributed by atoms with Gasteiger partial charge in [-0.2, -0.15) is 0 Å². The SMILES string of the molecule is C=CCCC(N)C1COCCN1C(=O)OC(C)(C)C. The summed E-state index contributed by atoms with van der Waals surface area (Å²) in [7, 11) is 0. The number of hydrogen-bond acceptors (Lipinski definition) is 4. The van der Waals surface area contributed by atoms with E-state index in [1.54, 1.807) is 4.90 Å². The second-order valence-electron chi connectivity index (χ2n) is 5.85. The number of nitrogens with two attached hydrogens (primary N) is 1. The van der Waals surface area contributed by atoms with Gasteiger partial charge in [-0.3, -0.25) is 4.90 Å². The number of nitrogens with zero attached hydrogens (tertiary/aromatic N) is 1. The van der Waals surface area contributed by atoms with E-state index >= 15 is 0 Å². The minimum absolute atomic E-state index is 0.120. The Morgan fingerprint density at radius 2 is 2.32 bits per heavy atom. The number of ether oxygens (including phenoxy) is 2. The third-order valence-corrected chi connectivity index (χ3v) is 2.99. The molecule has 1 amide bonds. The largest absolute Gasteiger partial charge is 0.444 e. The first kappa shape index (κ1) is 16.0. The first-order chi connectivity index (χ1) is 8.85.